The quantitative estimate of drug-likeness (QED) is 0.723. The summed E-state index contributed by atoms with van der Waals surface area (Å²) < 4.78 is 1.66. The van der Waals surface area contributed by atoms with Gasteiger partial charge in [-0.1, -0.05) is 0 Å². The molecule has 0 aliphatic carbocycles. The maximum Gasteiger partial charge on any atom is 0.221 e. The van der Waals surface area contributed by atoms with E-state index in [0.717, 1.165) is 0 Å². The van der Waals surface area contributed by atoms with Crippen molar-refractivity contribution < 1.29 is 9.59 Å². The predicted molar refractivity (Wildman–Crippen MR) is 55.5 cm³/mol. The van der Waals surface area contributed by atoms with E-state index in [2.05, 4.69) is 10.3 Å². The van der Waals surface area contributed by atoms with Crippen molar-refractivity contribution in [3.05, 3.63) is 18.2 Å². The van der Waals surface area contributed by atoms with Crippen molar-refractivity contribution in [2.75, 3.05) is 0 Å². The first kappa shape index (κ1) is 11.4. The normalized spacial score (nSPS) is 10.3. The van der Waals surface area contributed by atoms with Gasteiger partial charge in [0.05, 0.1) is 0 Å². The van der Waals surface area contributed by atoms with Crippen LogP contribution in [0.15, 0.2) is 12.4 Å². The van der Waals surface area contributed by atoms with E-state index in [9.17, 15) is 9.59 Å². The van der Waals surface area contributed by atoms with E-state index < -0.39 is 0 Å². The number of aromatic nitrogens is 2. The molecular formula is C10H15N3O2. The maximum atomic E-state index is 11.3. The Hall–Kier alpha value is -1.65. The van der Waals surface area contributed by atoms with Crippen LogP contribution < -0.4 is 5.32 Å². The average Bonchev–Trinajstić information content (AvgIpc) is 2.60. The lowest BCUT2D eigenvalue weighted by molar-refractivity contribution is -0.121. The van der Waals surface area contributed by atoms with E-state index in [1.54, 1.807) is 17.0 Å². The van der Waals surface area contributed by atoms with Crippen molar-refractivity contribution in [1.82, 2.24) is 14.9 Å². The summed E-state index contributed by atoms with van der Waals surface area (Å²) in [6.07, 6.45) is 4.27. The molecule has 1 rings (SSSR count). The summed E-state index contributed by atoms with van der Waals surface area (Å²) in [7, 11) is 0. The number of carbonyl (C=O) groups excluding carboxylic acids is 2. The SMILES string of the molecule is CC(C)NC(=O)CCn1ccnc1C=O. The molecule has 0 bridgehead atoms. The van der Waals surface area contributed by atoms with Gasteiger partial charge in [0.15, 0.2) is 12.1 Å². The molecule has 0 fully saturated rings. The summed E-state index contributed by atoms with van der Waals surface area (Å²) in [6, 6.07) is 0.144. The molecule has 1 aromatic rings. The number of hydrogen-bond acceptors (Lipinski definition) is 3. The molecule has 1 aromatic heterocycles. The number of rotatable bonds is 5. The molecule has 0 saturated carbocycles. The first-order valence-electron chi connectivity index (χ1n) is 4.89. The first-order valence-corrected chi connectivity index (χ1v) is 4.89. The van der Waals surface area contributed by atoms with Crippen molar-refractivity contribution in [2.24, 2.45) is 0 Å². The Balaban J connectivity index is 2.43. The van der Waals surface area contributed by atoms with Crippen molar-refractivity contribution in [2.45, 2.75) is 32.9 Å². The lowest BCUT2D eigenvalue weighted by Gasteiger charge is -2.08. The van der Waals surface area contributed by atoms with Gasteiger partial charge < -0.3 is 9.88 Å². The van der Waals surface area contributed by atoms with Crippen LogP contribution in [-0.4, -0.2) is 27.8 Å². The van der Waals surface area contributed by atoms with E-state index in [-0.39, 0.29) is 11.9 Å². The molecule has 5 heteroatoms. The lowest BCUT2D eigenvalue weighted by atomic mass is 10.3. The zero-order valence-corrected chi connectivity index (χ0v) is 8.93. The maximum absolute atomic E-state index is 11.3. The largest absolute Gasteiger partial charge is 0.354 e. The highest BCUT2D eigenvalue weighted by molar-refractivity contribution is 5.76. The van der Waals surface area contributed by atoms with Crippen molar-refractivity contribution in [1.29, 1.82) is 0 Å². The summed E-state index contributed by atoms with van der Waals surface area (Å²) in [4.78, 5) is 25.7. The minimum atomic E-state index is -0.0180. The number of aryl methyl sites for hydroxylation is 1. The van der Waals surface area contributed by atoms with E-state index in [4.69, 9.17) is 0 Å². The van der Waals surface area contributed by atoms with Crippen LogP contribution in [-0.2, 0) is 11.3 Å². The Bertz CT molecular complexity index is 344. The second-order valence-corrected chi connectivity index (χ2v) is 3.57. The minimum Gasteiger partial charge on any atom is -0.354 e. The summed E-state index contributed by atoms with van der Waals surface area (Å²) >= 11 is 0. The zero-order valence-electron chi connectivity index (χ0n) is 8.93. The van der Waals surface area contributed by atoms with Gasteiger partial charge >= 0.3 is 0 Å². The number of amides is 1. The smallest absolute Gasteiger partial charge is 0.221 e. The van der Waals surface area contributed by atoms with Gasteiger partial charge in [0.1, 0.15) is 0 Å². The molecular weight excluding hydrogens is 194 g/mol. The third-order valence-electron chi connectivity index (χ3n) is 1.88. The van der Waals surface area contributed by atoms with Gasteiger partial charge in [-0.05, 0) is 13.8 Å². The monoisotopic (exact) mass is 209 g/mol. The predicted octanol–water partition coefficient (Wildman–Crippen LogP) is 0.610. The Morgan fingerprint density at radius 2 is 2.40 bits per heavy atom. The molecule has 0 atom stereocenters. The molecule has 0 unspecified atom stereocenters. The third-order valence-corrected chi connectivity index (χ3v) is 1.88. The van der Waals surface area contributed by atoms with E-state index in [0.29, 0.717) is 25.1 Å². The van der Waals surface area contributed by atoms with Crippen molar-refractivity contribution >= 4 is 12.2 Å². The number of aldehydes is 1. The van der Waals surface area contributed by atoms with Gasteiger partial charge in [-0.2, -0.15) is 0 Å². The van der Waals surface area contributed by atoms with Gasteiger partial charge in [0, 0.05) is 31.4 Å². The average molecular weight is 209 g/mol. The molecule has 1 amide bonds. The lowest BCUT2D eigenvalue weighted by Crippen LogP contribution is -2.30. The topological polar surface area (TPSA) is 64.0 Å². The Labute approximate surface area is 88.5 Å². The van der Waals surface area contributed by atoms with Crippen LogP contribution in [0.3, 0.4) is 0 Å². The Morgan fingerprint density at radius 1 is 1.67 bits per heavy atom. The fraction of sp³-hybridized carbons (Fsp3) is 0.500. The fourth-order valence-corrected chi connectivity index (χ4v) is 1.24. The molecule has 0 aliphatic heterocycles. The van der Waals surface area contributed by atoms with Gasteiger partial charge in [0.25, 0.3) is 0 Å². The van der Waals surface area contributed by atoms with Crippen LogP contribution in [0, 0.1) is 0 Å². The van der Waals surface area contributed by atoms with Crippen LogP contribution in [0.4, 0.5) is 0 Å². The van der Waals surface area contributed by atoms with Crippen LogP contribution >= 0.6 is 0 Å². The second kappa shape index (κ2) is 5.29. The van der Waals surface area contributed by atoms with Crippen LogP contribution in [0.5, 0.6) is 0 Å². The van der Waals surface area contributed by atoms with Crippen molar-refractivity contribution in [3.8, 4) is 0 Å². The summed E-state index contributed by atoms with van der Waals surface area (Å²) in [5, 5.41) is 2.78. The highest BCUT2D eigenvalue weighted by Crippen LogP contribution is 1.96. The number of carbonyl (C=O) groups is 2. The summed E-state index contributed by atoms with van der Waals surface area (Å²) in [6.45, 7) is 4.30. The molecule has 1 N–H and O–H groups in total. The molecule has 0 aliphatic rings. The standard InChI is InChI=1S/C10H15N3O2/c1-8(2)12-10(15)3-5-13-6-4-11-9(13)7-14/h4,6-8H,3,5H2,1-2H3,(H,12,15). The van der Waals surface area contributed by atoms with E-state index in [1.807, 2.05) is 13.8 Å². The molecule has 15 heavy (non-hydrogen) atoms. The van der Waals surface area contributed by atoms with Crippen LogP contribution in [0.2, 0.25) is 0 Å². The number of nitrogens with one attached hydrogen (secondary N) is 1. The minimum absolute atomic E-state index is 0.0180. The van der Waals surface area contributed by atoms with Gasteiger partial charge in [-0.25, -0.2) is 4.98 Å². The third kappa shape index (κ3) is 3.53. The molecule has 0 radical (unpaired) electrons. The zero-order chi connectivity index (χ0) is 11.3. The highest BCUT2D eigenvalue weighted by atomic mass is 16.1. The molecule has 1 heterocycles. The van der Waals surface area contributed by atoms with Crippen molar-refractivity contribution in [3.63, 3.8) is 0 Å². The molecule has 5 nitrogen and oxygen atoms in total. The Morgan fingerprint density at radius 3 is 3.00 bits per heavy atom. The van der Waals surface area contributed by atoms with E-state index >= 15 is 0 Å². The van der Waals surface area contributed by atoms with Gasteiger partial charge in [-0.3, -0.25) is 9.59 Å². The molecule has 0 aromatic carbocycles. The Kier molecular flexibility index (Phi) is 4.03. The van der Waals surface area contributed by atoms with E-state index in [1.165, 1.54) is 0 Å². The number of nitrogens with zero attached hydrogens (tertiary/aromatic N) is 2. The number of hydrogen-bond donors (Lipinski definition) is 1. The van der Waals surface area contributed by atoms with Gasteiger partial charge in [0.2, 0.25) is 5.91 Å². The second-order valence-electron chi connectivity index (χ2n) is 3.57. The number of imidazole rings is 1. The summed E-state index contributed by atoms with van der Waals surface area (Å²) in [5.74, 6) is 0.336. The fourth-order valence-electron chi connectivity index (χ4n) is 1.24. The van der Waals surface area contributed by atoms with Gasteiger partial charge in [-0.15, -0.1) is 0 Å². The molecule has 0 spiro atoms. The molecule has 82 valence electrons. The van der Waals surface area contributed by atoms with Crippen LogP contribution in [0.25, 0.3) is 0 Å². The van der Waals surface area contributed by atoms with Crippen LogP contribution in [0.1, 0.15) is 30.9 Å². The highest BCUT2D eigenvalue weighted by Gasteiger charge is 2.05. The first-order chi connectivity index (χ1) is 7.13. The summed E-state index contributed by atoms with van der Waals surface area (Å²) in [5.41, 5.74) is 0. The molecule has 0 saturated heterocycles.